The van der Waals surface area contributed by atoms with Gasteiger partial charge in [0.1, 0.15) is 0 Å². The molecule has 5 heteroatoms. The van der Waals surface area contributed by atoms with E-state index in [1.807, 2.05) is 9.80 Å². The number of carbonyl (C=O) groups excluding carboxylic acids is 2. The van der Waals surface area contributed by atoms with Crippen LogP contribution in [0.5, 0.6) is 0 Å². The Kier molecular flexibility index (Phi) is 4.54. The van der Waals surface area contributed by atoms with Crippen molar-refractivity contribution in [2.24, 2.45) is 11.8 Å². The fraction of sp³-hybridized carbons (Fsp3) is 0.895. The minimum atomic E-state index is -0.0749. The zero-order chi connectivity index (χ0) is 16.6. The molecule has 0 radical (unpaired) electrons. The van der Waals surface area contributed by atoms with Crippen molar-refractivity contribution >= 4 is 11.8 Å². The van der Waals surface area contributed by atoms with Gasteiger partial charge in [0.05, 0.1) is 5.60 Å². The fourth-order valence-electron chi connectivity index (χ4n) is 4.72. The van der Waals surface area contributed by atoms with Crippen molar-refractivity contribution in [2.75, 3.05) is 32.8 Å². The fourth-order valence-corrected chi connectivity index (χ4v) is 4.72. The molecule has 134 valence electrons. The zero-order valence-electron chi connectivity index (χ0n) is 14.7. The SMILES string of the molecule is O=C(CC1CCOC2(CCN(C(=O)C3CC3)CC2)C1)N1CCCC1. The molecule has 4 fully saturated rings. The summed E-state index contributed by atoms with van der Waals surface area (Å²) in [5.74, 6) is 1.48. The highest BCUT2D eigenvalue weighted by atomic mass is 16.5. The van der Waals surface area contributed by atoms with Gasteiger partial charge >= 0.3 is 0 Å². The molecule has 1 unspecified atom stereocenters. The molecule has 24 heavy (non-hydrogen) atoms. The van der Waals surface area contributed by atoms with Crippen molar-refractivity contribution in [1.29, 1.82) is 0 Å². The number of rotatable bonds is 3. The summed E-state index contributed by atoms with van der Waals surface area (Å²) < 4.78 is 6.19. The lowest BCUT2D eigenvalue weighted by molar-refractivity contribution is -0.150. The molecule has 3 heterocycles. The average Bonchev–Trinajstić information content (AvgIpc) is 3.29. The first-order chi connectivity index (χ1) is 11.7. The molecule has 1 atom stereocenters. The quantitative estimate of drug-likeness (QED) is 0.795. The van der Waals surface area contributed by atoms with E-state index in [4.69, 9.17) is 4.74 Å². The van der Waals surface area contributed by atoms with Crippen LogP contribution in [0.15, 0.2) is 0 Å². The summed E-state index contributed by atoms with van der Waals surface area (Å²) in [6.45, 7) is 4.34. The second kappa shape index (κ2) is 6.66. The van der Waals surface area contributed by atoms with Crippen molar-refractivity contribution < 1.29 is 14.3 Å². The largest absolute Gasteiger partial charge is 0.375 e. The molecule has 0 N–H and O–H groups in total. The van der Waals surface area contributed by atoms with Gasteiger partial charge in [-0.15, -0.1) is 0 Å². The third-order valence-corrected chi connectivity index (χ3v) is 6.43. The highest BCUT2D eigenvalue weighted by Crippen LogP contribution is 2.40. The van der Waals surface area contributed by atoms with E-state index in [1.165, 1.54) is 0 Å². The van der Waals surface area contributed by atoms with E-state index in [0.29, 0.717) is 30.1 Å². The van der Waals surface area contributed by atoms with Crippen LogP contribution in [0.2, 0.25) is 0 Å². The summed E-state index contributed by atoms with van der Waals surface area (Å²) in [6, 6.07) is 0. The number of likely N-dealkylation sites (tertiary alicyclic amines) is 2. The first-order valence-corrected chi connectivity index (χ1v) is 9.86. The molecule has 5 nitrogen and oxygen atoms in total. The van der Waals surface area contributed by atoms with Crippen LogP contribution in [-0.2, 0) is 14.3 Å². The van der Waals surface area contributed by atoms with Gasteiger partial charge in [0.2, 0.25) is 11.8 Å². The van der Waals surface area contributed by atoms with Gasteiger partial charge in [0.25, 0.3) is 0 Å². The van der Waals surface area contributed by atoms with E-state index in [9.17, 15) is 9.59 Å². The van der Waals surface area contributed by atoms with Gasteiger partial charge in [-0.05, 0) is 57.3 Å². The maximum absolute atomic E-state index is 12.4. The minimum Gasteiger partial charge on any atom is -0.375 e. The van der Waals surface area contributed by atoms with Gasteiger partial charge < -0.3 is 14.5 Å². The zero-order valence-corrected chi connectivity index (χ0v) is 14.7. The van der Waals surface area contributed by atoms with Gasteiger partial charge in [-0.3, -0.25) is 9.59 Å². The van der Waals surface area contributed by atoms with Crippen molar-refractivity contribution in [3.8, 4) is 0 Å². The third-order valence-electron chi connectivity index (χ3n) is 6.43. The average molecular weight is 334 g/mol. The highest BCUT2D eigenvalue weighted by Gasteiger charge is 2.43. The van der Waals surface area contributed by atoms with Crippen LogP contribution in [0.25, 0.3) is 0 Å². The van der Waals surface area contributed by atoms with Crippen LogP contribution >= 0.6 is 0 Å². The number of hydrogen-bond acceptors (Lipinski definition) is 3. The molecule has 1 saturated carbocycles. The van der Waals surface area contributed by atoms with Gasteiger partial charge in [0.15, 0.2) is 0 Å². The first-order valence-electron chi connectivity index (χ1n) is 9.86. The van der Waals surface area contributed by atoms with Crippen molar-refractivity contribution in [2.45, 2.75) is 63.4 Å². The second-order valence-corrected chi connectivity index (χ2v) is 8.28. The van der Waals surface area contributed by atoms with Gasteiger partial charge in [-0.25, -0.2) is 0 Å². The van der Waals surface area contributed by atoms with Crippen molar-refractivity contribution in [3.63, 3.8) is 0 Å². The molecule has 0 aromatic heterocycles. The van der Waals surface area contributed by atoms with E-state index in [2.05, 4.69) is 0 Å². The van der Waals surface area contributed by atoms with E-state index in [-0.39, 0.29) is 5.60 Å². The Balaban J connectivity index is 1.29. The third kappa shape index (κ3) is 3.46. The first kappa shape index (κ1) is 16.4. The molecule has 2 amide bonds. The summed E-state index contributed by atoms with van der Waals surface area (Å²) in [6.07, 6.45) is 9.07. The molecule has 4 rings (SSSR count). The van der Waals surface area contributed by atoms with Crippen molar-refractivity contribution in [1.82, 2.24) is 9.80 Å². The molecule has 1 spiro atoms. The lowest BCUT2D eigenvalue weighted by Gasteiger charge is -2.46. The molecule has 4 aliphatic rings. The van der Waals surface area contributed by atoms with E-state index >= 15 is 0 Å². The lowest BCUT2D eigenvalue weighted by atomic mass is 9.78. The van der Waals surface area contributed by atoms with Crippen LogP contribution in [0, 0.1) is 11.8 Å². The normalized spacial score (nSPS) is 29.9. The van der Waals surface area contributed by atoms with Gasteiger partial charge in [0, 0.05) is 45.1 Å². The van der Waals surface area contributed by atoms with Crippen LogP contribution in [0.3, 0.4) is 0 Å². The molecule has 0 aromatic carbocycles. The molecule has 3 aliphatic heterocycles. The maximum atomic E-state index is 12.4. The Labute approximate surface area is 144 Å². The summed E-state index contributed by atoms with van der Waals surface area (Å²) >= 11 is 0. The maximum Gasteiger partial charge on any atom is 0.225 e. The van der Waals surface area contributed by atoms with Crippen LogP contribution in [0.1, 0.15) is 57.8 Å². The topological polar surface area (TPSA) is 49.9 Å². The number of carbonyl (C=O) groups is 2. The number of piperidine rings is 1. The Hall–Kier alpha value is -1.10. The second-order valence-electron chi connectivity index (χ2n) is 8.28. The van der Waals surface area contributed by atoms with Crippen molar-refractivity contribution in [3.05, 3.63) is 0 Å². The summed E-state index contributed by atoms with van der Waals surface area (Å²) in [4.78, 5) is 28.8. The Morgan fingerprint density at radius 3 is 2.33 bits per heavy atom. The molecule has 0 aromatic rings. The molecular formula is C19H30N2O3. The summed E-state index contributed by atoms with van der Waals surface area (Å²) in [5.41, 5.74) is -0.0749. The molecule has 0 bridgehead atoms. The van der Waals surface area contributed by atoms with E-state index in [1.54, 1.807) is 0 Å². The van der Waals surface area contributed by atoms with Gasteiger partial charge in [-0.1, -0.05) is 0 Å². The summed E-state index contributed by atoms with van der Waals surface area (Å²) in [5, 5.41) is 0. The minimum absolute atomic E-state index is 0.0749. The monoisotopic (exact) mass is 334 g/mol. The summed E-state index contributed by atoms with van der Waals surface area (Å²) in [7, 11) is 0. The predicted molar refractivity (Wildman–Crippen MR) is 90.4 cm³/mol. The Morgan fingerprint density at radius 1 is 0.958 bits per heavy atom. The molecule has 1 aliphatic carbocycles. The molecule has 3 saturated heterocycles. The number of nitrogens with zero attached hydrogens (tertiary/aromatic N) is 2. The lowest BCUT2D eigenvalue weighted by Crippen LogP contribution is -2.51. The molecular weight excluding hydrogens is 304 g/mol. The number of ether oxygens (including phenoxy) is 1. The van der Waals surface area contributed by atoms with Crippen LogP contribution in [-0.4, -0.2) is 60.0 Å². The van der Waals surface area contributed by atoms with Crippen LogP contribution in [0.4, 0.5) is 0 Å². The Morgan fingerprint density at radius 2 is 1.67 bits per heavy atom. The predicted octanol–water partition coefficient (Wildman–Crippen LogP) is 2.20. The Bertz CT molecular complexity index is 489. The number of hydrogen-bond donors (Lipinski definition) is 0. The smallest absolute Gasteiger partial charge is 0.225 e. The standard InChI is InChI=1S/C19H30N2O3/c22-17(20-8-1-2-9-20)13-15-5-12-24-19(14-15)6-10-21(11-7-19)18(23)16-3-4-16/h15-16H,1-14H2. The van der Waals surface area contributed by atoms with Crippen LogP contribution < -0.4 is 0 Å². The van der Waals surface area contributed by atoms with Gasteiger partial charge in [-0.2, -0.15) is 0 Å². The van der Waals surface area contributed by atoms with E-state index < -0.39 is 0 Å². The number of amides is 2. The van der Waals surface area contributed by atoms with E-state index in [0.717, 1.165) is 84.2 Å². The highest BCUT2D eigenvalue weighted by molar-refractivity contribution is 5.81.